The lowest BCUT2D eigenvalue weighted by Crippen LogP contribution is -2.35. The average Bonchev–Trinajstić information content (AvgIpc) is 2.29. The molecule has 92 valence electrons. The van der Waals surface area contributed by atoms with Crippen molar-refractivity contribution in [1.82, 2.24) is 15.3 Å². The van der Waals surface area contributed by atoms with Crippen molar-refractivity contribution in [1.29, 1.82) is 0 Å². The molecule has 0 bridgehead atoms. The van der Waals surface area contributed by atoms with Crippen molar-refractivity contribution < 1.29 is 14.7 Å². The van der Waals surface area contributed by atoms with Crippen LogP contribution < -0.4 is 5.32 Å². The third-order valence-corrected chi connectivity index (χ3v) is 2.40. The summed E-state index contributed by atoms with van der Waals surface area (Å²) in [4.78, 5) is 30.1. The zero-order chi connectivity index (χ0) is 12.8. The molecule has 1 unspecified atom stereocenters. The monoisotopic (exact) mass is 237 g/mol. The maximum atomic E-state index is 11.6. The Bertz CT molecular complexity index is 392. The van der Waals surface area contributed by atoms with Gasteiger partial charge in [-0.2, -0.15) is 0 Å². The summed E-state index contributed by atoms with van der Waals surface area (Å²) in [5.74, 6) is -1.98. The summed E-state index contributed by atoms with van der Waals surface area (Å²) >= 11 is 0. The van der Waals surface area contributed by atoms with E-state index >= 15 is 0 Å². The van der Waals surface area contributed by atoms with Gasteiger partial charge >= 0.3 is 5.97 Å². The number of amides is 1. The molecule has 1 aromatic rings. The van der Waals surface area contributed by atoms with Crippen LogP contribution in [0.2, 0.25) is 0 Å². The first kappa shape index (κ1) is 13.1. The molecular weight excluding hydrogens is 222 g/mol. The van der Waals surface area contributed by atoms with Crippen molar-refractivity contribution in [2.75, 3.05) is 6.54 Å². The predicted molar refractivity (Wildman–Crippen MR) is 60.3 cm³/mol. The molecule has 0 aliphatic rings. The summed E-state index contributed by atoms with van der Waals surface area (Å²) in [7, 11) is 0. The highest BCUT2D eigenvalue weighted by Gasteiger charge is 2.22. The molecule has 0 aliphatic heterocycles. The molecule has 1 heterocycles. The molecule has 0 saturated heterocycles. The fraction of sp³-hybridized carbons (Fsp3) is 0.455. The highest BCUT2D eigenvalue weighted by molar-refractivity contribution is 5.92. The van der Waals surface area contributed by atoms with Gasteiger partial charge in [0.15, 0.2) is 0 Å². The summed E-state index contributed by atoms with van der Waals surface area (Å²) in [6, 6.07) is 0. The Labute approximate surface area is 99.1 Å². The molecule has 0 aliphatic carbocycles. The molecule has 0 fully saturated rings. The van der Waals surface area contributed by atoms with Crippen LogP contribution >= 0.6 is 0 Å². The first-order chi connectivity index (χ1) is 8.02. The van der Waals surface area contributed by atoms with Gasteiger partial charge in [-0.05, 0) is 5.92 Å². The van der Waals surface area contributed by atoms with Crippen LogP contribution in [0.15, 0.2) is 18.6 Å². The minimum atomic E-state index is -0.917. The molecule has 1 atom stereocenters. The van der Waals surface area contributed by atoms with Crippen LogP contribution in [0.25, 0.3) is 0 Å². The van der Waals surface area contributed by atoms with E-state index in [4.69, 9.17) is 5.11 Å². The Balaban J connectivity index is 2.56. The number of nitrogens with one attached hydrogen (secondary N) is 1. The van der Waals surface area contributed by atoms with Gasteiger partial charge in [-0.25, -0.2) is 4.98 Å². The van der Waals surface area contributed by atoms with Gasteiger partial charge in [-0.15, -0.1) is 0 Å². The van der Waals surface area contributed by atoms with Crippen molar-refractivity contribution in [2.24, 2.45) is 11.8 Å². The second-order valence-electron chi connectivity index (χ2n) is 3.99. The number of carbonyl (C=O) groups excluding carboxylic acids is 1. The van der Waals surface area contributed by atoms with Crippen LogP contribution in [0.3, 0.4) is 0 Å². The highest BCUT2D eigenvalue weighted by atomic mass is 16.4. The standard InChI is InChI=1S/C11H15N3O3/c1-7(2)8(11(16)17)5-14-10(15)9-6-12-3-4-13-9/h3-4,6-8H,5H2,1-2H3,(H,14,15)(H,16,17). The van der Waals surface area contributed by atoms with Crippen LogP contribution in [0.4, 0.5) is 0 Å². The number of hydrogen-bond donors (Lipinski definition) is 2. The molecule has 1 rings (SSSR count). The molecule has 0 saturated carbocycles. The summed E-state index contributed by atoms with van der Waals surface area (Å²) < 4.78 is 0. The van der Waals surface area contributed by atoms with E-state index in [1.807, 2.05) is 0 Å². The largest absolute Gasteiger partial charge is 0.481 e. The third-order valence-electron chi connectivity index (χ3n) is 2.40. The fourth-order valence-corrected chi connectivity index (χ4v) is 1.32. The van der Waals surface area contributed by atoms with E-state index in [1.54, 1.807) is 13.8 Å². The number of carboxylic acids is 1. The third kappa shape index (κ3) is 3.82. The minimum absolute atomic E-state index is 0.0466. The summed E-state index contributed by atoms with van der Waals surface area (Å²) in [5, 5.41) is 11.5. The lowest BCUT2D eigenvalue weighted by atomic mass is 9.96. The molecule has 0 aromatic carbocycles. The minimum Gasteiger partial charge on any atom is -0.481 e. The van der Waals surface area contributed by atoms with Crippen molar-refractivity contribution >= 4 is 11.9 Å². The van der Waals surface area contributed by atoms with E-state index in [9.17, 15) is 9.59 Å². The van der Waals surface area contributed by atoms with E-state index < -0.39 is 17.8 Å². The topological polar surface area (TPSA) is 92.2 Å². The molecule has 17 heavy (non-hydrogen) atoms. The Kier molecular flexibility index (Phi) is 4.56. The van der Waals surface area contributed by atoms with Gasteiger partial charge in [0.1, 0.15) is 5.69 Å². The van der Waals surface area contributed by atoms with Gasteiger partial charge < -0.3 is 10.4 Å². The first-order valence-corrected chi connectivity index (χ1v) is 5.29. The molecule has 6 nitrogen and oxygen atoms in total. The van der Waals surface area contributed by atoms with Gasteiger partial charge in [0.2, 0.25) is 0 Å². The summed E-state index contributed by atoms with van der Waals surface area (Å²) in [6.07, 6.45) is 4.21. The lowest BCUT2D eigenvalue weighted by molar-refractivity contribution is -0.142. The van der Waals surface area contributed by atoms with Crippen LogP contribution in [0.5, 0.6) is 0 Å². The summed E-state index contributed by atoms with van der Waals surface area (Å²) in [6.45, 7) is 3.68. The molecule has 2 N–H and O–H groups in total. The van der Waals surface area contributed by atoms with Crippen molar-refractivity contribution in [3.8, 4) is 0 Å². The Morgan fingerprint density at radius 1 is 1.41 bits per heavy atom. The smallest absolute Gasteiger partial charge is 0.308 e. The molecule has 1 amide bonds. The Morgan fingerprint density at radius 2 is 2.12 bits per heavy atom. The average molecular weight is 237 g/mol. The first-order valence-electron chi connectivity index (χ1n) is 5.29. The number of hydrogen-bond acceptors (Lipinski definition) is 4. The highest BCUT2D eigenvalue weighted by Crippen LogP contribution is 2.09. The van der Waals surface area contributed by atoms with E-state index in [0.717, 1.165) is 0 Å². The van der Waals surface area contributed by atoms with Crippen LogP contribution in [-0.2, 0) is 4.79 Å². The van der Waals surface area contributed by atoms with Gasteiger partial charge in [-0.1, -0.05) is 13.8 Å². The van der Waals surface area contributed by atoms with Gasteiger partial charge in [0.25, 0.3) is 5.91 Å². The Morgan fingerprint density at radius 3 is 2.59 bits per heavy atom. The number of carboxylic acid groups (broad SMARTS) is 1. The van der Waals surface area contributed by atoms with Crippen LogP contribution in [0.1, 0.15) is 24.3 Å². The van der Waals surface area contributed by atoms with Crippen molar-refractivity contribution in [3.63, 3.8) is 0 Å². The van der Waals surface area contributed by atoms with Crippen LogP contribution in [-0.4, -0.2) is 33.5 Å². The zero-order valence-electron chi connectivity index (χ0n) is 9.75. The zero-order valence-corrected chi connectivity index (χ0v) is 9.75. The van der Waals surface area contributed by atoms with E-state index in [0.29, 0.717) is 0 Å². The molecular formula is C11H15N3O3. The van der Waals surface area contributed by atoms with Crippen molar-refractivity contribution in [3.05, 3.63) is 24.3 Å². The summed E-state index contributed by atoms with van der Waals surface area (Å²) in [5.41, 5.74) is 0.181. The number of aliphatic carboxylic acids is 1. The second kappa shape index (κ2) is 5.93. The quantitative estimate of drug-likeness (QED) is 0.780. The number of aromatic nitrogens is 2. The maximum absolute atomic E-state index is 11.6. The van der Waals surface area contributed by atoms with Gasteiger partial charge in [-0.3, -0.25) is 14.6 Å². The molecule has 6 heteroatoms. The van der Waals surface area contributed by atoms with E-state index in [1.165, 1.54) is 18.6 Å². The fourth-order valence-electron chi connectivity index (χ4n) is 1.32. The Hall–Kier alpha value is -1.98. The number of nitrogens with zero attached hydrogens (tertiary/aromatic N) is 2. The SMILES string of the molecule is CC(C)C(CNC(=O)c1cnccn1)C(=O)O. The molecule has 1 aromatic heterocycles. The lowest BCUT2D eigenvalue weighted by Gasteiger charge is -2.16. The van der Waals surface area contributed by atoms with E-state index in [-0.39, 0.29) is 18.2 Å². The normalized spacial score (nSPS) is 12.2. The van der Waals surface area contributed by atoms with E-state index in [2.05, 4.69) is 15.3 Å². The molecule has 0 spiro atoms. The van der Waals surface area contributed by atoms with Crippen molar-refractivity contribution in [2.45, 2.75) is 13.8 Å². The van der Waals surface area contributed by atoms with Gasteiger partial charge in [0, 0.05) is 18.9 Å². The number of rotatable bonds is 5. The van der Waals surface area contributed by atoms with Gasteiger partial charge in [0.05, 0.1) is 12.1 Å². The number of carbonyl (C=O) groups is 2. The second-order valence-corrected chi connectivity index (χ2v) is 3.99. The maximum Gasteiger partial charge on any atom is 0.308 e. The predicted octanol–water partition coefficient (Wildman–Crippen LogP) is 0.563. The van der Waals surface area contributed by atoms with Crippen LogP contribution in [0, 0.1) is 11.8 Å². The molecule has 0 radical (unpaired) electrons.